The second kappa shape index (κ2) is 10.4. The van der Waals surface area contributed by atoms with E-state index >= 15 is 0 Å². The quantitative estimate of drug-likeness (QED) is 0.292. The van der Waals surface area contributed by atoms with E-state index in [2.05, 4.69) is 21.8 Å². The largest absolute Gasteiger partial charge is 0.490 e. The fourth-order valence-corrected chi connectivity index (χ4v) is 3.75. The Balaban J connectivity index is 1.60. The maximum absolute atomic E-state index is 12.5. The van der Waals surface area contributed by atoms with Gasteiger partial charge >= 0.3 is 0 Å². The Morgan fingerprint density at radius 1 is 1.06 bits per heavy atom. The molecule has 0 spiro atoms. The van der Waals surface area contributed by atoms with Crippen LogP contribution in [-0.2, 0) is 10.0 Å². The normalized spacial score (nSPS) is 11.2. The fraction of sp³-hybridized carbons (Fsp3) is 0.0833. The van der Waals surface area contributed by atoms with Crippen molar-refractivity contribution in [3.05, 3.63) is 102 Å². The lowest BCUT2D eigenvalue weighted by Crippen LogP contribution is -2.18. The topological polar surface area (TPSA) is 96.9 Å². The van der Waals surface area contributed by atoms with E-state index in [1.54, 1.807) is 36.4 Å². The van der Waals surface area contributed by atoms with Gasteiger partial charge in [-0.3, -0.25) is 9.52 Å². The second-order valence-corrected chi connectivity index (χ2v) is 8.55. The van der Waals surface area contributed by atoms with Crippen LogP contribution in [0, 0.1) is 6.92 Å². The third-order valence-corrected chi connectivity index (χ3v) is 5.73. The Kier molecular flexibility index (Phi) is 7.41. The molecule has 2 N–H and O–H groups in total. The van der Waals surface area contributed by atoms with Gasteiger partial charge in [0, 0.05) is 11.3 Å². The molecule has 0 saturated heterocycles. The van der Waals surface area contributed by atoms with Crippen molar-refractivity contribution in [1.29, 1.82) is 0 Å². The molecule has 0 aromatic heterocycles. The summed E-state index contributed by atoms with van der Waals surface area (Å²) in [5.41, 5.74) is 4.85. The number of sulfonamides is 1. The first-order valence-corrected chi connectivity index (χ1v) is 11.2. The predicted octanol–water partition coefficient (Wildman–Crippen LogP) is 4.12. The van der Waals surface area contributed by atoms with Gasteiger partial charge in [-0.25, -0.2) is 13.8 Å². The van der Waals surface area contributed by atoms with E-state index in [-0.39, 0.29) is 4.90 Å². The van der Waals surface area contributed by atoms with Gasteiger partial charge in [0.1, 0.15) is 12.4 Å². The minimum atomic E-state index is -3.71. The summed E-state index contributed by atoms with van der Waals surface area (Å²) in [5, 5.41) is 3.96. The molecule has 3 aromatic carbocycles. The smallest absolute Gasteiger partial charge is 0.271 e. The standard InChI is InChI=1S/C24H23N3O4S/c1-3-15-31-22-6-4-5-19(16-22)17-25-26-24(28)20-9-11-21(12-10-20)27-32(29,30)23-13-7-18(2)8-14-23/h3-14,16-17,27H,1,15H2,2H3,(H,26,28). The number of nitrogens with zero attached hydrogens (tertiary/aromatic N) is 1. The summed E-state index contributed by atoms with van der Waals surface area (Å²) >= 11 is 0. The molecule has 0 bridgehead atoms. The van der Waals surface area contributed by atoms with Crippen molar-refractivity contribution in [2.24, 2.45) is 5.10 Å². The number of nitrogens with one attached hydrogen (secondary N) is 2. The summed E-state index contributed by atoms with van der Waals surface area (Å²) in [6.45, 7) is 5.88. The summed E-state index contributed by atoms with van der Waals surface area (Å²) in [7, 11) is -3.71. The Hall–Kier alpha value is -3.91. The van der Waals surface area contributed by atoms with Gasteiger partial charge in [-0.15, -0.1) is 0 Å². The molecular weight excluding hydrogens is 426 g/mol. The molecule has 7 nitrogen and oxygen atoms in total. The highest BCUT2D eigenvalue weighted by atomic mass is 32.2. The number of aryl methyl sites for hydroxylation is 1. The zero-order valence-electron chi connectivity index (χ0n) is 17.5. The minimum absolute atomic E-state index is 0.165. The second-order valence-electron chi connectivity index (χ2n) is 6.87. The van der Waals surface area contributed by atoms with Crippen LogP contribution in [0.1, 0.15) is 21.5 Å². The van der Waals surface area contributed by atoms with E-state index in [9.17, 15) is 13.2 Å². The van der Waals surface area contributed by atoms with E-state index in [0.717, 1.165) is 11.1 Å². The van der Waals surface area contributed by atoms with Crippen LogP contribution in [0.25, 0.3) is 0 Å². The summed E-state index contributed by atoms with van der Waals surface area (Å²) in [6.07, 6.45) is 3.16. The van der Waals surface area contributed by atoms with Gasteiger partial charge < -0.3 is 4.74 Å². The number of hydrogen-bond donors (Lipinski definition) is 2. The van der Waals surface area contributed by atoms with Crippen LogP contribution in [0.3, 0.4) is 0 Å². The average Bonchev–Trinajstić information content (AvgIpc) is 2.78. The van der Waals surface area contributed by atoms with Crippen molar-refractivity contribution in [3.8, 4) is 5.75 Å². The van der Waals surface area contributed by atoms with Crippen LogP contribution in [0.15, 0.2) is 95.4 Å². The van der Waals surface area contributed by atoms with Crippen LogP contribution in [0.4, 0.5) is 5.69 Å². The first kappa shape index (κ1) is 22.8. The van der Waals surface area contributed by atoms with E-state index in [1.807, 2.05) is 25.1 Å². The molecule has 0 aliphatic rings. The number of amides is 1. The molecule has 0 aliphatic heterocycles. The summed E-state index contributed by atoms with van der Waals surface area (Å²) in [4.78, 5) is 12.5. The molecular formula is C24H23N3O4S. The Morgan fingerprint density at radius 3 is 2.47 bits per heavy atom. The van der Waals surface area contributed by atoms with Crippen molar-refractivity contribution < 1.29 is 17.9 Å². The maximum Gasteiger partial charge on any atom is 0.271 e. The van der Waals surface area contributed by atoms with Gasteiger partial charge in [-0.1, -0.05) is 42.5 Å². The predicted molar refractivity (Wildman–Crippen MR) is 126 cm³/mol. The minimum Gasteiger partial charge on any atom is -0.490 e. The highest BCUT2D eigenvalue weighted by Gasteiger charge is 2.14. The van der Waals surface area contributed by atoms with Crippen LogP contribution in [0.5, 0.6) is 5.75 Å². The lowest BCUT2D eigenvalue weighted by molar-refractivity contribution is 0.0955. The zero-order chi connectivity index (χ0) is 23.0. The van der Waals surface area contributed by atoms with Gasteiger partial charge in [0.15, 0.2) is 0 Å². The van der Waals surface area contributed by atoms with Gasteiger partial charge in [-0.05, 0) is 61.0 Å². The fourth-order valence-electron chi connectivity index (χ4n) is 2.69. The summed E-state index contributed by atoms with van der Waals surface area (Å²) < 4.78 is 32.9. The molecule has 3 rings (SSSR count). The van der Waals surface area contributed by atoms with Crippen LogP contribution >= 0.6 is 0 Å². The van der Waals surface area contributed by atoms with Crippen LogP contribution in [-0.4, -0.2) is 27.1 Å². The number of hydrogen-bond acceptors (Lipinski definition) is 5. The Labute approximate surface area is 187 Å². The lowest BCUT2D eigenvalue weighted by atomic mass is 10.2. The number of benzene rings is 3. The first-order valence-electron chi connectivity index (χ1n) is 9.74. The highest BCUT2D eigenvalue weighted by molar-refractivity contribution is 7.92. The van der Waals surface area contributed by atoms with E-state index < -0.39 is 15.9 Å². The number of rotatable bonds is 9. The zero-order valence-corrected chi connectivity index (χ0v) is 18.3. The van der Waals surface area contributed by atoms with Gasteiger partial charge in [0.25, 0.3) is 15.9 Å². The van der Waals surface area contributed by atoms with Crippen LogP contribution in [0.2, 0.25) is 0 Å². The molecule has 0 heterocycles. The van der Waals surface area contributed by atoms with Crippen LogP contribution < -0.4 is 14.9 Å². The third kappa shape index (κ3) is 6.29. The van der Waals surface area contributed by atoms with Crippen molar-refractivity contribution in [2.45, 2.75) is 11.8 Å². The number of anilines is 1. The van der Waals surface area contributed by atoms with E-state index in [1.165, 1.54) is 30.5 Å². The molecule has 0 fully saturated rings. The van der Waals surface area contributed by atoms with Gasteiger partial charge in [-0.2, -0.15) is 5.10 Å². The molecule has 0 atom stereocenters. The van der Waals surface area contributed by atoms with E-state index in [4.69, 9.17) is 4.74 Å². The number of hydrazone groups is 1. The summed E-state index contributed by atoms with van der Waals surface area (Å²) in [5.74, 6) is 0.247. The molecule has 0 aliphatic carbocycles. The first-order chi connectivity index (χ1) is 15.4. The molecule has 32 heavy (non-hydrogen) atoms. The monoisotopic (exact) mass is 449 g/mol. The van der Waals surface area contributed by atoms with Crippen molar-refractivity contribution in [1.82, 2.24) is 5.43 Å². The van der Waals surface area contributed by atoms with E-state index in [0.29, 0.717) is 23.6 Å². The highest BCUT2D eigenvalue weighted by Crippen LogP contribution is 2.17. The molecule has 1 amide bonds. The molecule has 3 aromatic rings. The lowest BCUT2D eigenvalue weighted by Gasteiger charge is -2.09. The number of carbonyl (C=O) groups excluding carboxylic acids is 1. The molecule has 0 radical (unpaired) electrons. The Morgan fingerprint density at radius 2 is 1.78 bits per heavy atom. The molecule has 8 heteroatoms. The SMILES string of the molecule is C=CCOc1cccc(C=NNC(=O)c2ccc(NS(=O)(=O)c3ccc(C)cc3)cc2)c1. The van der Waals surface area contributed by atoms with Crippen molar-refractivity contribution in [2.75, 3.05) is 11.3 Å². The molecule has 164 valence electrons. The van der Waals surface area contributed by atoms with Gasteiger partial charge in [0.05, 0.1) is 11.1 Å². The number of carbonyl (C=O) groups is 1. The molecule has 0 saturated carbocycles. The van der Waals surface area contributed by atoms with Crippen molar-refractivity contribution in [3.63, 3.8) is 0 Å². The summed E-state index contributed by atoms with van der Waals surface area (Å²) in [6, 6.07) is 19.8. The Bertz CT molecular complexity index is 1220. The maximum atomic E-state index is 12.5. The third-order valence-electron chi connectivity index (χ3n) is 4.34. The molecule has 0 unspecified atom stereocenters. The van der Waals surface area contributed by atoms with Gasteiger partial charge in [0.2, 0.25) is 0 Å². The number of ether oxygens (including phenoxy) is 1. The van der Waals surface area contributed by atoms with Crippen molar-refractivity contribution >= 4 is 27.8 Å². The average molecular weight is 450 g/mol.